The number of hydrogen-bond acceptors (Lipinski definition) is 1. The highest BCUT2D eigenvalue weighted by Gasteiger charge is 2.26. The molecule has 0 aromatic heterocycles. The van der Waals surface area contributed by atoms with E-state index in [0.717, 1.165) is 23.5 Å². The van der Waals surface area contributed by atoms with Crippen LogP contribution in [0.1, 0.15) is 155 Å². The van der Waals surface area contributed by atoms with Crippen molar-refractivity contribution in [2.24, 2.45) is 0 Å². The third-order valence-corrected chi connectivity index (χ3v) is 7.41. The predicted molar refractivity (Wildman–Crippen MR) is 141 cm³/mol. The van der Waals surface area contributed by atoms with Gasteiger partial charge >= 0.3 is 0 Å². The van der Waals surface area contributed by atoms with Gasteiger partial charge in [0.25, 0.3) is 0 Å². The van der Waals surface area contributed by atoms with Gasteiger partial charge < -0.3 is 22.0 Å². The number of aliphatic hydroxyl groups is 1. The average Bonchev–Trinajstić information content (AvgIpc) is 2.76. The van der Waals surface area contributed by atoms with Crippen LogP contribution in [-0.4, -0.2) is 42.9 Å². The second-order valence-electron chi connectivity index (χ2n) is 10.8. The van der Waals surface area contributed by atoms with E-state index in [4.69, 9.17) is 0 Å². The molecule has 1 unspecified atom stereocenters. The van der Waals surface area contributed by atoms with Gasteiger partial charge in [0, 0.05) is 13.0 Å². The Hall–Kier alpha value is 0.210. The van der Waals surface area contributed by atoms with Crippen molar-refractivity contribution >= 4 is 0 Å². The Balaban J connectivity index is 0. The fourth-order valence-corrected chi connectivity index (χ4v) is 5.06. The van der Waals surface area contributed by atoms with E-state index in [1.54, 1.807) is 0 Å². The number of hydrogen-bond donors (Lipinski definition) is 1. The monoisotopic (exact) mass is 475 g/mol. The molecule has 0 aliphatic carbocycles. The fraction of sp³-hybridized carbons (Fsp3) is 1.00. The van der Waals surface area contributed by atoms with Crippen LogP contribution in [0.5, 0.6) is 0 Å². The summed E-state index contributed by atoms with van der Waals surface area (Å²) in [5.74, 6) is 0. The first-order valence-electron chi connectivity index (χ1n) is 14.5. The van der Waals surface area contributed by atoms with Gasteiger partial charge in [0.15, 0.2) is 0 Å². The molecule has 0 saturated carbocycles. The molecule has 0 spiro atoms. The van der Waals surface area contributed by atoms with Gasteiger partial charge in [-0.3, -0.25) is 0 Å². The molecule has 0 amide bonds. The van der Waals surface area contributed by atoms with Gasteiger partial charge in [-0.15, -0.1) is 0 Å². The molecular formula is C29H62ClNO. The van der Waals surface area contributed by atoms with Crippen molar-refractivity contribution in [1.29, 1.82) is 0 Å². The first-order chi connectivity index (χ1) is 15.1. The summed E-state index contributed by atoms with van der Waals surface area (Å²) in [6, 6.07) is 0.783. The molecular weight excluding hydrogens is 414 g/mol. The summed E-state index contributed by atoms with van der Waals surface area (Å²) in [4.78, 5) is 0. The van der Waals surface area contributed by atoms with Crippen LogP contribution in [0.2, 0.25) is 0 Å². The summed E-state index contributed by atoms with van der Waals surface area (Å²) < 4.78 is 1.11. The number of rotatable bonds is 25. The maximum Gasteiger partial charge on any atom is 0.0886 e. The molecule has 0 aliphatic rings. The number of quaternary nitrogens is 1. The zero-order valence-corrected chi connectivity index (χ0v) is 23.6. The van der Waals surface area contributed by atoms with Crippen LogP contribution < -0.4 is 12.4 Å². The Kier molecular flexibility index (Phi) is 27.7. The highest BCUT2D eigenvalue weighted by Crippen LogP contribution is 2.23. The Morgan fingerprint density at radius 3 is 1.12 bits per heavy atom. The molecule has 0 aromatic rings. The molecule has 0 fully saturated rings. The van der Waals surface area contributed by atoms with Crippen LogP contribution in [-0.2, 0) is 0 Å². The molecule has 1 N–H and O–H groups in total. The van der Waals surface area contributed by atoms with Crippen LogP contribution in [0, 0.1) is 0 Å². The lowest BCUT2D eigenvalue weighted by Gasteiger charge is -2.38. The lowest BCUT2D eigenvalue weighted by Crippen LogP contribution is -3.00. The minimum Gasteiger partial charge on any atom is -1.00 e. The molecule has 0 rings (SSSR count). The molecule has 0 radical (unpaired) electrons. The van der Waals surface area contributed by atoms with Gasteiger partial charge in [0.05, 0.1) is 26.7 Å². The minimum absolute atomic E-state index is 0. The first-order valence-corrected chi connectivity index (χ1v) is 14.5. The third kappa shape index (κ3) is 22.0. The second-order valence-corrected chi connectivity index (χ2v) is 10.8. The molecule has 2 nitrogen and oxygen atoms in total. The van der Waals surface area contributed by atoms with E-state index in [-0.39, 0.29) is 12.4 Å². The number of unbranched alkanes of at least 4 members (excludes halogenated alkanes) is 17. The smallest absolute Gasteiger partial charge is 0.0886 e. The van der Waals surface area contributed by atoms with E-state index in [1.165, 1.54) is 135 Å². The van der Waals surface area contributed by atoms with Crippen molar-refractivity contribution in [2.75, 3.05) is 27.2 Å². The molecule has 0 aromatic carbocycles. The molecule has 1 atom stereocenters. The van der Waals surface area contributed by atoms with Gasteiger partial charge in [-0.25, -0.2) is 0 Å². The van der Waals surface area contributed by atoms with Crippen LogP contribution in [0.15, 0.2) is 0 Å². The lowest BCUT2D eigenvalue weighted by atomic mass is 9.97. The van der Waals surface area contributed by atoms with E-state index in [1.807, 2.05) is 0 Å². The van der Waals surface area contributed by atoms with Crippen molar-refractivity contribution in [3.8, 4) is 0 Å². The normalized spacial score (nSPS) is 12.7. The summed E-state index contributed by atoms with van der Waals surface area (Å²) in [7, 11) is 4.81. The van der Waals surface area contributed by atoms with Crippen LogP contribution in [0.4, 0.5) is 0 Å². The maximum atomic E-state index is 9.32. The molecule has 3 heteroatoms. The molecule has 0 aliphatic heterocycles. The Morgan fingerprint density at radius 1 is 0.500 bits per heavy atom. The Labute approximate surface area is 210 Å². The Bertz CT molecular complexity index is 348. The summed E-state index contributed by atoms with van der Waals surface area (Å²) in [5.41, 5.74) is 0. The zero-order chi connectivity index (χ0) is 23.0. The fourth-order valence-electron chi connectivity index (χ4n) is 5.06. The predicted octanol–water partition coefficient (Wildman–Crippen LogP) is 6.05. The van der Waals surface area contributed by atoms with E-state index < -0.39 is 0 Å². The van der Waals surface area contributed by atoms with Crippen LogP contribution in [0.3, 0.4) is 0 Å². The third-order valence-electron chi connectivity index (χ3n) is 7.41. The zero-order valence-electron chi connectivity index (χ0n) is 22.8. The number of aliphatic hydroxyl groups excluding tert-OH is 1. The second kappa shape index (κ2) is 25.8. The van der Waals surface area contributed by atoms with Gasteiger partial charge in [-0.1, -0.05) is 123 Å². The molecule has 0 saturated heterocycles. The average molecular weight is 476 g/mol. The van der Waals surface area contributed by atoms with Gasteiger partial charge in [-0.05, 0) is 25.7 Å². The van der Waals surface area contributed by atoms with Crippen molar-refractivity contribution in [3.05, 3.63) is 0 Å². The number of nitrogens with zero attached hydrogens (tertiary/aromatic N) is 1. The van der Waals surface area contributed by atoms with Crippen LogP contribution >= 0.6 is 0 Å². The number of halogens is 1. The van der Waals surface area contributed by atoms with Gasteiger partial charge in [0.1, 0.15) is 0 Å². The SMILES string of the molecule is CCCCCCCCCCCCC(CCCCCCCCCCC)[N+](C)(C)CCCO.[Cl-]. The van der Waals surface area contributed by atoms with Gasteiger partial charge in [0.2, 0.25) is 0 Å². The van der Waals surface area contributed by atoms with E-state index >= 15 is 0 Å². The van der Waals surface area contributed by atoms with Gasteiger partial charge in [-0.2, -0.15) is 0 Å². The van der Waals surface area contributed by atoms with E-state index in [9.17, 15) is 5.11 Å². The van der Waals surface area contributed by atoms with Crippen molar-refractivity contribution in [2.45, 2.75) is 161 Å². The molecule has 32 heavy (non-hydrogen) atoms. The van der Waals surface area contributed by atoms with Crippen LogP contribution in [0.25, 0.3) is 0 Å². The molecule has 196 valence electrons. The summed E-state index contributed by atoms with van der Waals surface area (Å²) in [6.45, 7) is 6.06. The topological polar surface area (TPSA) is 20.2 Å². The lowest BCUT2D eigenvalue weighted by molar-refractivity contribution is -0.916. The standard InChI is InChI=1S/C29H62NO.ClH/c1-5-7-9-11-13-15-17-19-21-23-26-29(30(3,4)27-24-28-31)25-22-20-18-16-14-12-10-8-6-2;/h29,31H,5-28H2,1-4H3;1H/q+1;/p-1. The van der Waals surface area contributed by atoms with E-state index in [0.29, 0.717) is 6.61 Å². The quantitative estimate of drug-likeness (QED) is 0.126. The Morgan fingerprint density at radius 2 is 0.812 bits per heavy atom. The van der Waals surface area contributed by atoms with E-state index in [2.05, 4.69) is 27.9 Å². The largest absolute Gasteiger partial charge is 1.00 e. The summed E-state index contributed by atoms with van der Waals surface area (Å²) in [6.07, 6.45) is 30.8. The minimum atomic E-state index is 0. The molecule has 0 bridgehead atoms. The van der Waals surface area contributed by atoms with Crippen molar-refractivity contribution in [3.63, 3.8) is 0 Å². The first kappa shape index (κ1) is 34.4. The highest BCUT2D eigenvalue weighted by molar-refractivity contribution is 4.62. The highest BCUT2D eigenvalue weighted by atomic mass is 35.5. The maximum absolute atomic E-state index is 9.32. The van der Waals surface area contributed by atoms with Crippen molar-refractivity contribution in [1.82, 2.24) is 0 Å². The summed E-state index contributed by atoms with van der Waals surface area (Å²) in [5, 5.41) is 9.32. The summed E-state index contributed by atoms with van der Waals surface area (Å²) >= 11 is 0. The van der Waals surface area contributed by atoms with Crippen molar-refractivity contribution < 1.29 is 22.0 Å². The molecule has 0 heterocycles.